The van der Waals surface area contributed by atoms with E-state index in [9.17, 15) is 8.78 Å². The first-order valence-electron chi connectivity index (χ1n) is 5.71. The van der Waals surface area contributed by atoms with Crippen molar-refractivity contribution >= 4 is 5.82 Å². The fraction of sp³-hybridized carbons (Fsp3) is 0.308. The van der Waals surface area contributed by atoms with Crippen LogP contribution in [-0.2, 0) is 0 Å². The zero-order valence-corrected chi connectivity index (χ0v) is 10.5. The van der Waals surface area contributed by atoms with E-state index in [1.54, 1.807) is 0 Å². The number of nitrogens with two attached hydrogens (primary N) is 1. The summed E-state index contributed by atoms with van der Waals surface area (Å²) in [6.07, 6.45) is 0. The number of anilines is 1. The van der Waals surface area contributed by atoms with Gasteiger partial charge in [-0.25, -0.2) is 13.8 Å². The molecule has 2 aromatic rings. The predicted octanol–water partition coefficient (Wildman–Crippen LogP) is 3.30. The minimum absolute atomic E-state index is 0.163. The molecule has 0 aliphatic heterocycles. The van der Waals surface area contributed by atoms with Gasteiger partial charge in [0.2, 0.25) is 0 Å². The molecule has 0 bridgehead atoms. The molecule has 0 saturated carbocycles. The first kappa shape index (κ1) is 12.5. The van der Waals surface area contributed by atoms with Crippen molar-refractivity contribution in [3.63, 3.8) is 0 Å². The maximum atomic E-state index is 13.2. The van der Waals surface area contributed by atoms with E-state index in [0.29, 0.717) is 17.1 Å². The Hall–Kier alpha value is -1.91. The fourth-order valence-electron chi connectivity index (χ4n) is 2.07. The van der Waals surface area contributed by atoms with Crippen LogP contribution in [0.3, 0.4) is 0 Å². The topological polar surface area (TPSA) is 43.8 Å². The van der Waals surface area contributed by atoms with E-state index in [1.807, 2.05) is 25.3 Å². The number of nitrogens with zero attached hydrogens (tertiary/aromatic N) is 2. The van der Waals surface area contributed by atoms with Gasteiger partial charge < -0.3 is 10.3 Å². The van der Waals surface area contributed by atoms with Crippen LogP contribution in [0.5, 0.6) is 0 Å². The molecule has 3 nitrogen and oxygen atoms in total. The molecule has 0 amide bonds. The van der Waals surface area contributed by atoms with E-state index in [1.165, 1.54) is 6.07 Å². The SMILES string of the molecule is Cc1nc(-c2ccc(F)c(F)c2)c(N)n1C(C)C. The molecule has 96 valence electrons. The Morgan fingerprint density at radius 2 is 1.89 bits per heavy atom. The predicted molar refractivity (Wildman–Crippen MR) is 67.1 cm³/mol. The number of aromatic nitrogens is 2. The van der Waals surface area contributed by atoms with Crippen molar-refractivity contribution in [1.29, 1.82) is 0 Å². The van der Waals surface area contributed by atoms with Gasteiger partial charge in [-0.2, -0.15) is 0 Å². The number of hydrogen-bond donors (Lipinski definition) is 1. The van der Waals surface area contributed by atoms with Gasteiger partial charge in [-0.05, 0) is 39.0 Å². The van der Waals surface area contributed by atoms with Gasteiger partial charge in [0.25, 0.3) is 0 Å². The van der Waals surface area contributed by atoms with Crippen LogP contribution in [0, 0.1) is 18.6 Å². The normalized spacial score (nSPS) is 11.2. The molecule has 0 aliphatic carbocycles. The number of rotatable bonds is 2. The summed E-state index contributed by atoms with van der Waals surface area (Å²) in [6, 6.07) is 3.82. The fourth-order valence-corrected chi connectivity index (χ4v) is 2.07. The summed E-state index contributed by atoms with van der Waals surface area (Å²) in [5.74, 6) is -0.559. The van der Waals surface area contributed by atoms with Crippen LogP contribution in [0.1, 0.15) is 25.7 Å². The van der Waals surface area contributed by atoms with E-state index in [2.05, 4.69) is 4.98 Å². The minimum atomic E-state index is -0.899. The summed E-state index contributed by atoms with van der Waals surface area (Å²) in [4.78, 5) is 4.32. The molecule has 0 unspecified atom stereocenters. The highest BCUT2D eigenvalue weighted by molar-refractivity contribution is 5.71. The van der Waals surface area contributed by atoms with Gasteiger partial charge >= 0.3 is 0 Å². The van der Waals surface area contributed by atoms with E-state index >= 15 is 0 Å². The molecule has 2 N–H and O–H groups in total. The van der Waals surface area contributed by atoms with E-state index in [4.69, 9.17) is 5.73 Å². The van der Waals surface area contributed by atoms with Crippen LogP contribution in [0.15, 0.2) is 18.2 Å². The Morgan fingerprint density at radius 1 is 1.22 bits per heavy atom. The monoisotopic (exact) mass is 251 g/mol. The van der Waals surface area contributed by atoms with E-state index < -0.39 is 11.6 Å². The average Bonchev–Trinajstić information content (AvgIpc) is 2.58. The quantitative estimate of drug-likeness (QED) is 0.890. The molecular weight excluding hydrogens is 236 g/mol. The number of hydrogen-bond acceptors (Lipinski definition) is 2. The van der Waals surface area contributed by atoms with Crippen molar-refractivity contribution in [3.8, 4) is 11.3 Å². The van der Waals surface area contributed by atoms with Gasteiger partial charge in [-0.1, -0.05) is 0 Å². The molecule has 0 fully saturated rings. The summed E-state index contributed by atoms with van der Waals surface area (Å²) in [5, 5.41) is 0. The van der Waals surface area contributed by atoms with Gasteiger partial charge in [-0.15, -0.1) is 0 Å². The molecule has 18 heavy (non-hydrogen) atoms. The van der Waals surface area contributed by atoms with Crippen LogP contribution in [0.25, 0.3) is 11.3 Å². The van der Waals surface area contributed by atoms with Crippen LogP contribution >= 0.6 is 0 Å². The van der Waals surface area contributed by atoms with E-state index in [-0.39, 0.29) is 6.04 Å². The third-order valence-corrected chi connectivity index (χ3v) is 2.83. The Morgan fingerprint density at radius 3 is 2.39 bits per heavy atom. The second-order valence-corrected chi connectivity index (χ2v) is 4.49. The summed E-state index contributed by atoms with van der Waals surface area (Å²) in [6.45, 7) is 5.81. The van der Waals surface area contributed by atoms with Crippen molar-refractivity contribution in [2.24, 2.45) is 0 Å². The molecule has 0 aliphatic rings. The number of imidazole rings is 1. The lowest BCUT2D eigenvalue weighted by Crippen LogP contribution is -2.07. The van der Waals surface area contributed by atoms with Crippen molar-refractivity contribution in [1.82, 2.24) is 9.55 Å². The third kappa shape index (κ3) is 1.96. The van der Waals surface area contributed by atoms with Crippen LogP contribution in [0.4, 0.5) is 14.6 Å². The van der Waals surface area contributed by atoms with Crippen LogP contribution in [-0.4, -0.2) is 9.55 Å². The summed E-state index contributed by atoms with van der Waals surface area (Å²) < 4.78 is 28.0. The Bertz CT molecular complexity index is 588. The van der Waals surface area contributed by atoms with Gasteiger partial charge in [0.15, 0.2) is 11.6 Å². The first-order chi connectivity index (χ1) is 8.41. The van der Waals surface area contributed by atoms with Crippen molar-refractivity contribution in [2.45, 2.75) is 26.8 Å². The highest BCUT2D eigenvalue weighted by Crippen LogP contribution is 2.29. The smallest absolute Gasteiger partial charge is 0.159 e. The zero-order chi connectivity index (χ0) is 13.4. The maximum Gasteiger partial charge on any atom is 0.159 e. The standard InChI is InChI=1S/C13H15F2N3/c1-7(2)18-8(3)17-12(13(18)16)9-4-5-10(14)11(15)6-9/h4-7H,16H2,1-3H3. The maximum absolute atomic E-state index is 13.2. The molecule has 1 aromatic carbocycles. The number of aryl methyl sites for hydroxylation is 1. The lowest BCUT2D eigenvalue weighted by Gasteiger charge is -2.11. The molecule has 0 saturated heterocycles. The Balaban J connectivity index is 2.58. The highest BCUT2D eigenvalue weighted by Gasteiger charge is 2.16. The Labute approximate surface area is 104 Å². The number of nitrogen functional groups attached to an aromatic ring is 1. The molecule has 5 heteroatoms. The molecule has 2 rings (SSSR count). The zero-order valence-electron chi connectivity index (χ0n) is 10.5. The van der Waals surface area contributed by atoms with Gasteiger partial charge in [0.1, 0.15) is 17.3 Å². The second-order valence-electron chi connectivity index (χ2n) is 4.49. The molecule has 1 aromatic heterocycles. The molecule has 0 radical (unpaired) electrons. The van der Waals surface area contributed by atoms with Crippen molar-refractivity contribution < 1.29 is 8.78 Å². The minimum Gasteiger partial charge on any atom is -0.383 e. The largest absolute Gasteiger partial charge is 0.383 e. The second kappa shape index (κ2) is 4.40. The van der Waals surface area contributed by atoms with E-state index in [0.717, 1.165) is 18.0 Å². The molecule has 0 atom stereocenters. The van der Waals surface area contributed by atoms with Gasteiger partial charge in [-0.3, -0.25) is 0 Å². The average molecular weight is 251 g/mol. The lowest BCUT2D eigenvalue weighted by molar-refractivity contribution is 0.509. The van der Waals surface area contributed by atoms with Crippen molar-refractivity contribution in [2.75, 3.05) is 5.73 Å². The number of benzene rings is 1. The summed E-state index contributed by atoms with van der Waals surface area (Å²) >= 11 is 0. The van der Waals surface area contributed by atoms with Crippen molar-refractivity contribution in [3.05, 3.63) is 35.7 Å². The molecule has 0 spiro atoms. The Kier molecular flexibility index (Phi) is 3.07. The van der Waals surface area contributed by atoms with Crippen LogP contribution < -0.4 is 5.73 Å². The molecule has 1 heterocycles. The highest BCUT2D eigenvalue weighted by atomic mass is 19.2. The summed E-state index contributed by atoms with van der Waals surface area (Å²) in [7, 11) is 0. The van der Waals surface area contributed by atoms with Gasteiger partial charge in [0, 0.05) is 11.6 Å². The van der Waals surface area contributed by atoms with Gasteiger partial charge in [0.05, 0.1) is 0 Å². The third-order valence-electron chi connectivity index (χ3n) is 2.83. The summed E-state index contributed by atoms with van der Waals surface area (Å²) in [5.41, 5.74) is 6.98. The number of halogens is 2. The van der Waals surface area contributed by atoms with Crippen LogP contribution in [0.2, 0.25) is 0 Å². The lowest BCUT2D eigenvalue weighted by atomic mass is 10.1. The first-order valence-corrected chi connectivity index (χ1v) is 5.71. The molecular formula is C13H15F2N3.